The number of alkyl halides is 3. The second-order valence-corrected chi connectivity index (χ2v) is 6.27. The molecule has 1 aromatic heterocycles. The molecule has 1 aromatic carbocycles. The smallest absolute Gasteiger partial charge is 0.421 e. The molecule has 0 bridgehead atoms. The SMILES string of the molecule is C[C@@H]1NCCc2cc(C(F)(F)F)c(OCc3ccc(Cl)cc3F)nc21. The number of hydrogen-bond donors (Lipinski definition) is 1. The number of halogens is 5. The van der Waals surface area contributed by atoms with Crippen LogP contribution in [-0.2, 0) is 19.2 Å². The van der Waals surface area contributed by atoms with Crippen molar-refractivity contribution in [3.8, 4) is 5.88 Å². The molecule has 2 aromatic rings. The Kier molecular flexibility index (Phi) is 4.88. The molecule has 1 aliphatic heterocycles. The zero-order valence-corrected chi connectivity index (χ0v) is 14.0. The highest BCUT2D eigenvalue weighted by molar-refractivity contribution is 6.30. The molecule has 3 rings (SSSR count). The van der Waals surface area contributed by atoms with Gasteiger partial charge in [-0.2, -0.15) is 13.2 Å². The van der Waals surface area contributed by atoms with Gasteiger partial charge in [-0.05, 0) is 43.7 Å². The third-order valence-corrected chi connectivity index (χ3v) is 4.27. The number of benzene rings is 1. The fourth-order valence-corrected chi connectivity index (χ4v) is 2.90. The second kappa shape index (κ2) is 6.80. The molecule has 1 N–H and O–H groups in total. The maximum absolute atomic E-state index is 13.8. The Balaban J connectivity index is 1.94. The van der Waals surface area contributed by atoms with Crippen LogP contribution in [0.5, 0.6) is 5.88 Å². The van der Waals surface area contributed by atoms with Crippen molar-refractivity contribution < 1.29 is 22.3 Å². The van der Waals surface area contributed by atoms with Gasteiger partial charge in [-0.3, -0.25) is 0 Å². The molecule has 134 valence electrons. The van der Waals surface area contributed by atoms with E-state index in [9.17, 15) is 17.6 Å². The minimum absolute atomic E-state index is 0.100. The van der Waals surface area contributed by atoms with Crippen molar-refractivity contribution in [2.24, 2.45) is 0 Å². The Hall–Kier alpha value is -1.86. The molecule has 0 fully saturated rings. The highest BCUT2D eigenvalue weighted by Crippen LogP contribution is 2.38. The third kappa shape index (κ3) is 3.88. The van der Waals surface area contributed by atoms with E-state index in [-0.39, 0.29) is 23.2 Å². The number of hydrogen-bond acceptors (Lipinski definition) is 3. The van der Waals surface area contributed by atoms with Crippen LogP contribution < -0.4 is 10.1 Å². The van der Waals surface area contributed by atoms with Crippen LogP contribution in [-0.4, -0.2) is 11.5 Å². The van der Waals surface area contributed by atoms with Crippen LogP contribution in [0.2, 0.25) is 5.02 Å². The zero-order chi connectivity index (χ0) is 18.2. The van der Waals surface area contributed by atoms with Crippen LogP contribution in [0.15, 0.2) is 24.3 Å². The first-order valence-electron chi connectivity index (χ1n) is 7.67. The quantitative estimate of drug-likeness (QED) is 0.792. The minimum atomic E-state index is -4.61. The first kappa shape index (κ1) is 17.9. The Labute approximate surface area is 147 Å². The van der Waals surface area contributed by atoms with E-state index in [2.05, 4.69) is 10.3 Å². The predicted molar refractivity (Wildman–Crippen MR) is 85.1 cm³/mol. The lowest BCUT2D eigenvalue weighted by Crippen LogP contribution is -2.29. The van der Waals surface area contributed by atoms with E-state index < -0.39 is 23.4 Å². The molecule has 0 aliphatic carbocycles. The molecule has 1 atom stereocenters. The van der Waals surface area contributed by atoms with Gasteiger partial charge in [0.1, 0.15) is 18.0 Å². The molecule has 2 heterocycles. The van der Waals surface area contributed by atoms with Crippen LogP contribution in [0.25, 0.3) is 0 Å². The lowest BCUT2D eigenvalue weighted by atomic mass is 9.99. The molecule has 8 heteroatoms. The van der Waals surface area contributed by atoms with Crippen molar-refractivity contribution in [2.75, 3.05) is 6.54 Å². The summed E-state index contributed by atoms with van der Waals surface area (Å²) >= 11 is 5.67. The number of pyridine rings is 1. The van der Waals surface area contributed by atoms with Crippen molar-refractivity contribution in [1.29, 1.82) is 0 Å². The van der Waals surface area contributed by atoms with E-state index >= 15 is 0 Å². The summed E-state index contributed by atoms with van der Waals surface area (Å²) in [4.78, 5) is 4.07. The second-order valence-electron chi connectivity index (χ2n) is 5.83. The van der Waals surface area contributed by atoms with E-state index in [0.717, 1.165) is 12.1 Å². The van der Waals surface area contributed by atoms with Crippen molar-refractivity contribution in [1.82, 2.24) is 10.3 Å². The van der Waals surface area contributed by atoms with Crippen LogP contribution in [0.3, 0.4) is 0 Å². The Bertz CT molecular complexity index is 795. The average molecular weight is 375 g/mol. The van der Waals surface area contributed by atoms with E-state index in [1.165, 1.54) is 12.1 Å². The standard InChI is InChI=1S/C17H15ClF4N2O/c1-9-15-10(4-5-23-9)6-13(17(20,21)22)16(24-15)25-8-11-2-3-12(18)7-14(11)19/h2-3,6-7,9,23H,4-5,8H2,1H3/t9-/m0/s1. The minimum Gasteiger partial charge on any atom is -0.472 e. The van der Waals surface area contributed by atoms with Gasteiger partial charge in [-0.1, -0.05) is 17.7 Å². The molecule has 1 aliphatic rings. The Morgan fingerprint density at radius 1 is 1.32 bits per heavy atom. The molecule has 0 spiro atoms. The van der Waals surface area contributed by atoms with Gasteiger partial charge in [0.25, 0.3) is 0 Å². The molecular weight excluding hydrogens is 360 g/mol. The van der Waals surface area contributed by atoms with E-state index in [1.807, 2.05) is 6.92 Å². The maximum atomic E-state index is 13.8. The number of rotatable bonds is 3. The summed E-state index contributed by atoms with van der Waals surface area (Å²) in [5.41, 5.74) is 0.215. The number of nitrogens with zero attached hydrogens (tertiary/aromatic N) is 1. The molecule has 0 radical (unpaired) electrons. The average Bonchev–Trinajstić information content (AvgIpc) is 2.53. The van der Waals surface area contributed by atoms with Crippen LogP contribution in [0.4, 0.5) is 17.6 Å². The van der Waals surface area contributed by atoms with Gasteiger partial charge < -0.3 is 10.1 Å². The van der Waals surface area contributed by atoms with Crippen LogP contribution in [0, 0.1) is 5.82 Å². The molecule has 25 heavy (non-hydrogen) atoms. The van der Waals surface area contributed by atoms with E-state index in [1.54, 1.807) is 0 Å². The summed E-state index contributed by atoms with van der Waals surface area (Å²) in [7, 11) is 0. The largest absolute Gasteiger partial charge is 0.472 e. The van der Waals surface area contributed by atoms with E-state index in [4.69, 9.17) is 16.3 Å². The van der Waals surface area contributed by atoms with Gasteiger partial charge in [0, 0.05) is 16.6 Å². The molecule has 0 saturated heterocycles. The third-order valence-electron chi connectivity index (χ3n) is 4.04. The number of aromatic nitrogens is 1. The van der Waals surface area contributed by atoms with Crippen molar-refractivity contribution in [2.45, 2.75) is 32.2 Å². The summed E-state index contributed by atoms with van der Waals surface area (Å²) in [6.07, 6.45) is -4.15. The van der Waals surface area contributed by atoms with Gasteiger partial charge in [-0.25, -0.2) is 9.37 Å². The highest BCUT2D eigenvalue weighted by Gasteiger charge is 2.37. The monoisotopic (exact) mass is 374 g/mol. The van der Waals surface area contributed by atoms with Gasteiger partial charge in [0.2, 0.25) is 5.88 Å². The van der Waals surface area contributed by atoms with E-state index in [0.29, 0.717) is 24.2 Å². The summed E-state index contributed by atoms with van der Waals surface area (Å²) < 4.78 is 59.1. The van der Waals surface area contributed by atoms with Crippen LogP contribution in [0.1, 0.15) is 35.3 Å². The van der Waals surface area contributed by atoms with Crippen molar-refractivity contribution >= 4 is 11.6 Å². The fraction of sp³-hybridized carbons (Fsp3) is 0.353. The number of nitrogens with one attached hydrogen (secondary N) is 1. The highest BCUT2D eigenvalue weighted by atomic mass is 35.5. The summed E-state index contributed by atoms with van der Waals surface area (Å²) in [5.74, 6) is -1.19. The topological polar surface area (TPSA) is 34.1 Å². The summed E-state index contributed by atoms with van der Waals surface area (Å²) in [5, 5.41) is 3.34. The molecule has 0 unspecified atom stereocenters. The van der Waals surface area contributed by atoms with Crippen molar-refractivity contribution in [3.63, 3.8) is 0 Å². The van der Waals surface area contributed by atoms with Gasteiger partial charge in [0.15, 0.2) is 0 Å². The first-order valence-corrected chi connectivity index (χ1v) is 8.04. The summed E-state index contributed by atoms with van der Waals surface area (Å²) in [6.45, 7) is 2.03. The predicted octanol–water partition coefficient (Wildman–Crippen LogP) is 4.68. The maximum Gasteiger partial charge on any atom is 0.421 e. The molecule has 0 saturated carbocycles. The lowest BCUT2D eigenvalue weighted by Gasteiger charge is -2.25. The number of fused-ring (bicyclic) bond motifs is 1. The normalized spacial score (nSPS) is 17.3. The lowest BCUT2D eigenvalue weighted by molar-refractivity contribution is -0.139. The number of ether oxygens (including phenoxy) is 1. The van der Waals surface area contributed by atoms with Crippen molar-refractivity contribution in [3.05, 3.63) is 57.5 Å². The Morgan fingerprint density at radius 3 is 2.76 bits per heavy atom. The van der Waals surface area contributed by atoms with Gasteiger partial charge in [0.05, 0.1) is 5.69 Å². The first-order chi connectivity index (χ1) is 11.8. The van der Waals surface area contributed by atoms with Gasteiger partial charge in [-0.15, -0.1) is 0 Å². The van der Waals surface area contributed by atoms with Gasteiger partial charge >= 0.3 is 6.18 Å². The fourth-order valence-electron chi connectivity index (χ4n) is 2.74. The molecular formula is C17H15ClF4N2O. The zero-order valence-electron chi connectivity index (χ0n) is 13.3. The Morgan fingerprint density at radius 2 is 2.08 bits per heavy atom. The molecule has 3 nitrogen and oxygen atoms in total. The van der Waals surface area contributed by atoms with Crippen LogP contribution >= 0.6 is 11.6 Å². The summed E-state index contributed by atoms with van der Waals surface area (Å²) in [6, 6.07) is 4.79. The molecule has 0 amide bonds.